The SMILES string of the molecule is COC(=O)CN(C)C(=O)C1=COCCO1. The van der Waals surface area contributed by atoms with E-state index in [0.717, 1.165) is 0 Å². The van der Waals surface area contributed by atoms with Crippen LogP contribution in [0.1, 0.15) is 0 Å². The molecule has 0 saturated carbocycles. The zero-order chi connectivity index (χ0) is 11.3. The molecular weight excluding hydrogens is 202 g/mol. The van der Waals surface area contributed by atoms with Crippen molar-refractivity contribution in [3.05, 3.63) is 12.0 Å². The van der Waals surface area contributed by atoms with E-state index in [1.165, 1.54) is 25.3 Å². The van der Waals surface area contributed by atoms with E-state index in [2.05, 4.69) is 4.74 Å². The van der Waals surface area contributed by atoms with E-state index in [0.29, 0.717) is 13.2 Å². The first kappa shape index (κ1) is 11.4. The molecule has 1 rings (SSSR count). The molecule has 1 aliphatic heterocycles. The van der Waals surface area contributed by atoms with Gasteiger partial charge in [0.2, 0.25) is 5.76 Å². The quantitative estimate of drug-likeness (QED) is 0.594. The normalized spacial score (nSPS) is 14.4. The van der Waals surface area contributed by atoms with E-state index in [1.54, 1.807) is 0 Å². The van der Waals surface area contributed by atoms with Gasteiger partial charge in [-0.05, 0) is 0 Å². The van der Waals surface area contributed by atoms with Crippen molar-refractivity contribution >= 4 is 11.9 Å². The lowest BCUT2D eigenvalue weighted by Gasteiger charge is -2.20. The number of nitrogens with zero attached hydrogens (tertiary/aromatic N) is 1. The number of hydrogen-bond acceptors (Lipinski definition) is 5. The van der Waals surface area contributed by atoms with Gasteiger partial charge < -0.3 is 19.1 Å². The van der Waals surface area contributed by atoms with Crippen LogP contribution in [0.15, 0.2) is 12.0 Å². The molecular formula is C9H13NO5. The molecule has 84 valence electrons. The smallest absolute Gasteiger partial charge is 0.325 e. The number of ether oxygens (including phenoxy) is 3. The summed E-state index contributed by atoms with van der Waals surface area (Å²) in [5.41, 5.74) is 0. The summed E-state index contributed by atoms with van der Waals surface area (Å²) in [6.07, 6.45) is 1.25. The Hall–Kier alpha value is -1.72. The van der Waals surface area contributed by atoms with Crippen LogP contribution in [0, 0.1) is 0 Å². The monoisotopic (exact) mass is 215 g/mol. The third kappa shape index (κ3) is 3.16. The van der Waals surface area contributed by atoms with Crippen LogP contribution in [-0.2, 0) is 23.8 Å². The summed E-state index contributed by atoms with van der Waals surface area (Å²) < 4.78 is 14.4. The summed E-state index contributed by atoms with van der Waals surface area (Å²) in [5.74, 6) is -0.782. The van der Waals surface area contributed by atoms with Gasteiger partial charge in [-0.2, -0.15) is 0 Å². The van der Waals surface area contributed by atoms with Gasteiger partial charge >= 0.3 is 5.97 Å². The molecule has 0 unspecified atom stereocenters. The summed E-state index contributed by atoms with van der Waals surface area (Å²) in [5, 5.41) is 0. The zero-order valence-corrected chi connectivity index (χ0v) is 8.69. The maximum atomic E-state index is 11.6. The van der Waals surface area contributed by atoms with Crippen LogP contribution < -0.4 is 0 Å². The van der Waals surface area contributed by atoms with Crippen LogP contribution in [0.25, 0.3) is 0 Å². The molecule has 0 atom stereocenters. The number of likely N-dealkylation sites (N-methyl/N-ethyl adjacent to an activating group) is 1. The highest BCUT2D eigenvalue weighted by Gasteiger charge is 2.21. The molecule has 0 saturated heterocycles. The average molecular weight is 215 g/mol. The Balaban J connectivity index is 2.51. The van der Waals surface area contributed by atoms with Crippen LogP contribution in [-0.4, -0.2) is 50.7 Å². The van der Waals surface area contributed by atoms with Crippen molar-refractivity contribution in [2.75, 3.05) is 33.9 Å². The summed E-state index contributed by atoms with van der Waals surface area (Å²) >= 11 is 0. The third-order valence-corrected chi connectivity index (χ3v) is 1.80. The number of hydrogen-bond donors (Lipinski definition) is 0. The van der Waals surface area contributed by atoms with Gasteiger partial charge in [-0.25, -0.2) is 0 Å². The highest BCUT2D eigenvalue weighted by molar-refractivity contribution is 5.93. The maximum Gasteiger partial charge on any atom is 0.325 e. The largest absolute Gasteiger partial charge is 0.494 e. The van der Waals surface area contributed by atoms with Gasteiger partial charge in [0.05, 0.1) is 7.11 Å². The average Bonchev–Trinajstić information content (AvgIpc) is 2.29. The second-order valence-corrected chi connectivity index (χ2v) is 2.94. The number of amides is 1. The Morgan fingerprint density at radius 1 is 1.53 bits per heavy atom. The molecule has 0 aromatic heterocycles. The molecule has 6 nitrogen and oxygen atoms in total. The minimum absolute atomic E-state index is 0.104. The Kier molecular flexibility index (Phi) is 3.96. The van der Waals surface area contributed by atoms with Crippen molar-refractivity contribution in [1.29, 1.82) is 0 Å². The first-order valence-corrected chi connectivity index (χ1v) is 4.42. The predicted molar refractivity (Wildman–Crippen MR) is 49.6 cm³/mol. The second-order valence-electron chi connectivity index (χ2n) is 2.94. The van der Waals surface area contributed by atoms with Crippen LogP contribution in [0.4, 0.5) is 0 Å². The molecule has 0 N–H and O–H groups in total. The summed E-state index contributed by atoms with van der Waals surface area (Å²) in [4.78, 5) is 23.7. The first-order chi connectivity index (χ1) is 7.15. The van der Waals surface area contributed by atoms with Crippen LogP contribution >= 0.6 is 0 Å². The molecule has 1 heterocycles. The van der Waals surface area contributed by atoms with Crippen LogP contribution in [0.2, 0.25) is 0 Å². The van der Waals surface area contributed by atoms with E-state index in [4.69, 9.17) is 9.47 Å². The van der Waals surface area contributed by atoms with E-state index < -0.39 is 11.9 Å². The van der Waals surface area contributed by atoms with Crippen molar-refractivity contribution in [3.63, 3.8) is 0 Å². The number of carbonyl (C=O) groups is 2. The molecule has 0 aromatic rings. The van der Waals surface area contributed by atoms with Gasteiger partial charge in [0, 0.05) is 7.05 Å². The third-order valence-electron chi connectivity index (χ3n) is 1.80. The molecule has 15 heavy (non-hydrogen) atoms. The molecule has 0 bridgehead atoms. The van der Waals surface area contributed by atoms with Gasteiger partial charge in [-0.3, -0.25) is 9.59 Å². The van der Waals surface area contributed by atoms with Gasteiger partial charge in [-0.15, -0.1) is 0 Å². The zero-order valence-electron chi connectivity index (χ0n) is 8.69. The maximum absolute atomic E-state index is 11.6. The lowest BCUT2D eigenvalue weighted by atomic mass is 10.4. The number of esters is 1. The highest BCUT2D eigenvalue weighted by Crippen LogP contribution is 2.07. The number of carbonyl (C=O) groups excluding carboxylic acids is 2. The topological polar surface area (TPSA) is 65.1 Å². The summed E-state index contributed by atoms with van der Waals surface area (Å²) in [6.45, 7) is 0.650. The van der Waals surface area contributed by atoms with E-state index >= 15 is 0 Å². The molecule has 1 aliphatic rings. The predicted octanol–water partition coefficient (Wildman–Crippen LogP) is -0.494. The molecule has 0 fully saturated rings. The fourth-order valence-corrected chi connectivity index (χ4v) is 0.999. The lowest BCUT2D eigenvalue weighted by molar-refractivity contribution is -0.146. The Morgan fingerprint density at radius 2 is 2.27 bits per heavy atom. The van der Waals surface area contributed by atoms with Crippen molar-refractivity contribution in [2.45, 2.75) is 0 Å². The summed E-state index contributed by atoms with van der Waals surface area (Å²) in [7, 11) is 2.75. The lowest BCUT2D eigenvalue weighted by Crippen LogP contribution is -2.35. The Morgan fingerprint density at radius 3 is 2.80 bits per heavy atom. The van der Waals surface area contributed by atoms with Crippen LogP contribution in [0.3, 0.4) is 0 Å². The molecule has 0 spiro atoms. The van der Waals surface area contributed by atoms with Crippen LogP contribution in [0.5, 0.6) is 0 Å². The Labute approximate surface area is 87.4 Å². The fourth-order valence-electron chi connectivity index (χ4n) is 0.999. The van der Waals surface area contributed by atoms with Gasteiger partial charge in [0.1, 0.15) is 26.0 Å². The number of methoxy groups -OCH3 is 1. The van der Waals surface area contributed by atoms with Gasteiger partial charge in [0.25, 0.3) is 5.91 Å². The van der Waals surface area contributed by atoms with Crippen molar-refractivity contribution in [3.8, 4) is 0 Å². The Bertz CT molecular complexity index is 286. The van der Waals surface area contributed by atoms with Crippen molar-refractivity contribution < 1.29 is 23.8 Å². The van der Waals surface area contributed by atoms with E-state index in [1.807, 2.05) is 0 Å². The minimum Gasteiger partial charge on any atom is -0.494 e. The minimum atomic E-state index is -0.483. The number of rotatable bonds is 3. The molecule has 0 aliphatic carbocycles. The summed E-state index contributed by atoms with van der Waals surface area (Å²) in [6, 6.07) is 0. The van der Waals surface area contributed by atoms with Crippen molar-refractivity contribution in [1.82, 2.24) is 4.90 Å². The fraction of sp³-hybridized carbons (Fsp3) is 0.556. The molecule has 0 radical (unpaired) electrons. The molecule has 6 heteroatoms. The first-order valence-electron chi connectivity index (χ1n) is 4.42. The van der Waals surface area contributed by atoms with E-state index in [9.17, 15) is 9.59 Å². The van der Waals surface area contributed by atoms with Crippen molar-refractivity contribution in [2.24, 2.45) is 0 Å². The highest BCUT2D eigenvalue weighted by atomic mass is 16.6. The molecule has 0 aromatic carbocycles. The second kappa shape index (κ2) is 5.23. The van der Waals surface area contributed by atoms with E-state index in [-0.39, 0.29) is 12.3 Å². The molecule has 1 amide bonds. The van der Waals surface area contributed by atoms with Gasteiger partial charge in [0.15, 0.2) is 0 Å². The standard InChI is InChI=1S/C9H13NO5/c1-10(5-8(11)13-2)9(12)7-6-14-3-4-15-7/h6H,3-5H2,1-2H3. The van der Waals surface area contributed by atoms with Gasteiger partial charge in [-0.1, -0.05) is 0 Å².